The summed E-state index contributed by atoms with van der Waals surface area (Å²) in [5.41, 5.74) is 4.88. The Balaban J connectivity index is 1.72. The molecule has 2 heteroatoms. The van der Waals surface area contributed by atoms with Crippen molar-refractivity contribution in [2.45, 2.75) is 184 Å². The molecule has 0 saturated heterocycles. The highest BCUT2D eigenvalue weighted by atomic mass is 16.5. The second kappa shape index (κ2) is 15.9. The van der Waals surface area contributed by atoms with Crippen LogP contribution in [0.4, 0.5) is 0 Å². The lowest BCUT2D eigenvalue weighted by molar-refractivity contribution is 0.0506. The molecule has 1 aliphatic heterocycles. The van der Waals surface area contributed by atoms with E-state index in [0.29, 0.717) is 0 Å². The number of rotatable bonds is 17. The van der Waals surface area contributed by atoms with Crippen LogP contribution in [0.3, 0.4) is 0 Å². The summed E-state index contributed by atoms with van der Waals surface area (Å²) >= 11 is 0. The third-order valence-corrected chi connectivity index (χ3v) is 9.64. The van der Waals surface area contributed by atoms with Crippen LogP contribution in [0.15, 0.2) is 0 Å². The first kappa shape index (κ1) is 35.0. The van der Waals surface area contributed by atoms with Crippen molar-refractivity contribution in [3.63, 3.8) is 0 Å². The summed E-state index contributed by atoms with van der Waals surface area (Å²) in [4.78, 5) is 0. The molecule has 0 radical (unpaired) electrons. The van der Waals surface area contributed by atoms with Gasteiger partial charge < -0.3 is 9.47 Å². The molecule has 0 spiro atoms. The zero-order valence-corrected chi connectivity index (χ0v) is 29.0. The van der Waals surface area contributed by atoms with Crippen LogP contribution in [0.5, 0.6) is 11.5 Å². The van der Waals surface area contributed by atoms with Crippen LogP contribution < -0.4 is 9.47 Å². The normalized spacial score (nSPS) is 19.7. The minimum absolute atomic E-state index is 0.0524. The molecule has 40 heavy (non-hydrogen) atoms. The van der Waals surface area contributed by atoms with Crippen molar-refractivity contribution in [3.8, 4) is 11.5 Å². The van der Waals surface area contributed by atoms with Crippen LogP contribution in [-0.4, -0.2) is 11.2 Å². The smallest absolute Gasteiger partial charge is 0.127 e. The van der Waals surface area contributed by atoms with Crippen molar-refractivity contribution in [2.75, 3.05) is 0 Å². The first-order valence-corrected chi connectivity index (χ1v) is 17.1. The first-order chi connectivity index (χ1) is 18.6. The van der Waals surface area contributed by atoms with Gasteiger partial charge in [0.15, 0.2) is 0 Å². The first-order valence-electron chi connectivity index (χ1n) is 17.1. The van der Waals surface area contributed by atoms with Gasteiger partial charge in [0.2, 0.25) is 0 Å². The van der Waals surface area contributed by atoms with Crippen LogP contribution in [0, 0.1) is 44.4 Å². The molecule has 2 rings (SSSR count). The predicted octanol–water partition coefficient (Wildman–Crippen LogP) is 12.1. The minimum atomic E-state index is -0.194. The summed E-state index contributed by atoms with van der Waals surface area (Å²) in [7, 11) is 0. The molecule has 0 aromatic heterocycles. The Kier molecular flexibility index (Phi) is 13.9. The predicted molar refractivity (Wildman–Crippen MR) is 176 cm³/mol. The van der Waals surface area contributed by atoms with E-state index in [9.17, 15) is 0 Å². The van der Waals surface area contributed by atoms with Crippen molar-refractivity contribution >= 4 is 0 Å². The van der Waals surface area contributed by atoms with Crippen molar-refractivity contribution in [1.82, 2.24) is 0 Å². The minimum Gasteiger partial charge on any atom is -0.488 e. The number of hydrogen-bond donors (Lipinski definition) is 0. The van der Waals surface area contributed by atoms with E-state index in [0.717, 1.165) is 54.4 Å². The summed E-state index contributed by atoms with van der Waals surface area (Å²) in [5, 5.41) is 0. The lowest BCUT2D eigenvalue weighted by Crippen LogP contribution is -2.37. The average Bonchev–Trinajstić information content (AvgIpc) is 2.84. The van der Waals surface area contributed by atoms with Gasteiger partial charge in [-0.1, -0.05) is 98.8 Å². The summed E-state index contributed by atoms with van der Waals surface area (Å²) in [6, 6.07) is 0. The Bertz CT molecular complexity index is 892. The van der Waals surface area contributed by atoms with Crippen molar-refractivity contribution in [3.05, 3.63) is 22.3 Å². The Morgan fingerprint density at radius 1 is 0.700 bits per heavy atom. The second-order valence-electron chi connectivity index (χ2n) is 15.7. The van der Waals surface area contributed by atoms with Crippen LogP contribution in [0.1, 0.15) is 168 Å². The van der Waals surface area contributed by atoms with E-state index in [1.54, 1.807) is 0 Å². The standard InChI is InChI=1S/C38H68O2/c1-27(2)17-13-18-28(3)19-14-20-29(4)21-15-22-30(5)23-16-25-38(12)26-24-34-33(8)35(39-37(9,10)11)31(6)32(7)36(34)40-38/h27-30H,13-26H2,1-12H3. The third kappa shape index (κ3) is 11.6. The van der Waals surface area contributed by atoms with Gasteiger partial charge in [0, 0.05) is 5.56 Å². The molecule has 4 atom stereocenters. The van der Waals surface area contributed by atoms with Crippen molar-refractivity contribution < 1.29 is 9.47 Å². The lowest BCUT2D eigenvalue weighted by Gasteiger charge is -2.39. The average molecular weight is 557 g/mol. The molecule has 0 fully saturated rings. The highest BCUT2D eigenvalue weighted by molar-refractivity contribution is 5.59. The topological polar surface area (TPSA) is 18.5 Å². The monoisotopic (exact) mass is 557 g/mol. The Hall–Kier alpha value is -1.18. The molecule has 0 aliphatic carbocycles. The van der Waals surface area contributed by atoms with E-state index in [-0.39, 0.29) is 11.2 Å². The number of fused-ring (bicyclic) bond motifs is 1. The van der Waals surface area contributed by atoms with E-state index in [1.807, 2.05) is 0 Å². The maximum absolute atomic E-state index is 6.82. The van der Waals surface area contributed by atoms with Gasteiger partial charge in [-0.15, -0.1) is 0 Å². The highest BCUT2D eigenvalue weighted by Gasteiger charge is 2.35. The summed E-state index contributed by atoms with van der Waals surface area (Å²) < 4.78 is 13.2. The molecular weight excluding hydrogens is 488 g/mol. The maximum Gasteiger partial charge on any atom is 0.127 e. The van der Waals surface area contributed by atoms with Crippen LogP contribution in [0.25, 0.3) is 0 Å². The fourth-order valence-electron chi connectivity index (χ4n) is 6.68. The quantitative estimate of drug-likeness (QED) is 0.190. The Morgan fingerprint density at radius 2 is 1.18 bits per heavy atom. The van der Waals surface area contributed by atoms with Gasteiger partial charge in [0.1, 0.15) is 22.7 Å². The molecule has 232 valence electrons. The fraction of sp³-hybridized carbons (Fsp3) is 0.842. The molecule has 0 bridgehead atoms. The van der Waals surface area contributed by atoms with Gasteiger partial charge in [-0.05, 0) is 115 Å². The molecule has 0 amide bonds. The van der Waals surface area contributed by atoms with Gasteiger partial charge in [-0.3, -0.25) is 0 Å². The number of ether oxygens (including phenoxy) is 2. The van der Waals surface area contributed by atoms with E-state index in [1.165, 1.54) is 92.9 Å². The Labute approximate surface area is 250 Å². The van der Waals surface area contributed by atoms with E-state index >= 15 is 0 Å². The van der Waals surface area contributed by atoms with Crippen LogP contribution in [0.2, 0.25) is 0 Å². The SMILES string of the molecule is Cc1c(C)c2c(c(C)c1OC(C)(C)C)CCC(C)(CCCC(C)CCCC(C)CCCC(C)CCCC(C)C)O2. The van der Waals surface area contributed by atoms with E-state index in [4.69, 9.17) is 9.47 Å². The van der Waals surface area contributed by atoms with Crippen molar-refractivity contribution in [1.29, 1.82) is 0 Å². The highest BCUT2D eigenvalue weighted by Crippen LogP contribution is 2.45. The molecule has 1 aliphatic rings. The van der Waals surface area contributed by atoms with Crippen LogP contribution in [-0.2, 0) is 6.42 Å². The van der Waals surface area contributed by atoms with Gasteiger partial charge >= 0.3 is 0 Å². The van der Waals surface area contributed by atoms with Crippen LogP contribution >= 0.6 is 0 Å². The van der Waals surface area contributed by atoms with Gasteiger partial charge in [0.25, 0.3) is 0 Å². The second-order valence-corrected chi connectivity index (χ2v) is 15.7. The molecule has 2 nitrogen and oxygen atoms in total. The fourth-order valence-corrected chi connectivity index (χ4v) is 6.68. The molecule has 0 N–H and O–H groups in total. The largest absolute Gasteiger partial charge is 0.488 e. The van der Waals surface area contributed by atoms with Crippen molar-refractivity contribution in [2.24, 2.45) is 23.7 Å². The zero-order valence-electron chi connectivity index (χ0n) is 29.0. The lowest BCUT2D eigenvalue weighted by atomic mass is 9.83. The molecular formula is C38H68O2. The van der Waals surface area contributed by atoms with Gasteiger partial charge in [0.05, 0.1) is 0 Å². The number of benzene rings is 1. The summed E-state index contributed by atoms with van der Waals surface area (Å²) in [6.45, 7) is 27.5. The molecule has 1 aromatic rings. The zero-order chi connectivity index (χ0) is 30.1. The third-order valence-electron chi connectivity index (χ3n) is 9.64. The molecule has 4 unspecified atom stereocenters. The number of hydrogen-bond acceptors (Lipinski definition) is 2. The molecule has 1 heterocycles. The maximum atomic E-state index is 6.82. The molecule has 1 aromatic carbocycles. The van der Waals surface area contributed by atoms with E-state index in [2.05, 4.69) is 83.1 Å². The Morgan fingerprint density at radius 3 is 1.65 bits per heavy atom. The van der Waals surface area contributed by atoms with Gasteiger partial charge in [-0.25, -0.2) is 0 Å². The summed E-state index contributed by atoms with van der Waals surface area (Å²) in [6.07, 6.45) is 18.6. The van der Waals surface area contributed by atoms with E-state index < -0.39 is 0 Å². The van der Waals surface area contributed by atoms with Gasteiger partial charge in [-0.2, -0.15) is 0 Å². The summed E-state index contributed by atoms with van der Waals surface area (Å²) in [5.74, 6) is 5.66. The molecule has 0 saturated carbocycles.